The highest BCUT2D eigenvalue weighted by Crippen LogP contribution is 2.59. The van der Waals surface area contributed by atoms with E-state index in [-0.39, 0.29) is 29.8 Å². The first-order chi connectivity index (χ1) is 15.5. The van der Waals surface area contributed by atoms with Gasteiger partial charge in [-0.15, -0.1) is 0 Å². The lowest BCUT2D eigenvalue weighted by Gasteiger charge is -2.24. The molecule has 2 unspecified atom stereocenters. The molecule has 1 aliphatic carbocycles. The zero-order chi connectivity index (χ0) is 25.3. The maximum atomic E-state index is 13.2. The maximum Gasteiger partial charge on any atom is 0.436 e. The number of benzene rings is 1. The SMILES string of the molecule is C[C@H](Oc1ccc(S(C)(=O)=O)cc1C(=O)N1CC2CC2(c2nc(C(F)(F)F)co2)C1)C(F)(F)F. The van der Waals surface area contributed by atoms with Crippen LogP contribution in [-0.4, -0.2) is 55.8 Å². The molecule has 1 aromatic heterocycles. The minimum Gasteiger partial charge on any atom is -0.480 e. The molecule has 186 valence electrons. The Labute approximate surface area is 189 Å². The smallest absolute Gasteiger partial charge is 0.436 e. The molecule has 34 heavy (non-hydrogen) atoms. The largest absolute Gasteiger partial charge is 0.480 e. The summed E-state index contributed by atoms with van der Waals surface area (Å²) in [5.41, 5.74) is -2.54. The van der Waals surface area contributed by atoms with Crippen LogP contribution in [0, 0.1) is 5.92 Å². The second-order valence-corrected chi connectivity index (χ2v) is 10.5. The van der Waals surface area contributed by atoms with Crippen molar-refractivity contribution in [2.75, 3.05) is 19.3 Å². The highest BCUT2D eigenvalue weighted by atomic mass is 32.2. The summed E-state index contributed by atoms with van der Waals surface area (Å²) in [6.45, 7) is 0.727. The number of rotatable bonds is 5. The average Bonchev–Trinajstić information content (AvgIpc) is 3.07. The monoisotopic (exact) mass is 512 g/mol. The van der Waals surface area contributed by atoms with Gasteiger partial charge in [0.05, 0.1) is 15.9 Å². The number of amides is 1. The number of ether oxygens (including phenoxy) is 1. The molecule has 2 aromatic rings. The lowest BCUT2D eigenvalue weighted by Crippen LogP contribution is -2.35. The number of fused-ring (bicyclic) bond motifs is 1. The Kier molecular flexibility index (Phi) is 5.46. The molecular formula is C20H18F6N2O5S. The number of hydrogen-bond donors (Lipinski definition) is 0. The predicted octanol–water partition coefficient (Wildman–Crippen LogP) is 3.84. The van der Waals surface area contributed by atoms with E-state index in [4.69, 9.17) is 9.15 Å². The summed E-state index contributed by atoms with van der Waals surface area (Å²) in [4.78, 5) is 17.7. The molecule has 4 rings (SSSR count). The van der Waals surface area contributed by atoms with Gasteiger partial charge in [-0.1, -0.05) is 0 Å². The molecule has 14 heteroatoms. The van der Waals surface area contributed by atoms with Gasteiger partial charge in [0.2, 0.25) is 5.89 Å². The summed E-state index contributed by atoms with van der Waals surface area (Å²) in [6, 6.07) is 2.93. The lowest BCUT2D eigenvalue weighted by atomic mass is 10.1. The van der Waals surface area contributed by atoms with Crippen molar-refractivity contribution in [2.24, 2.45) is 5.92 Å². The highest BCUT2D eigenvalue weighted by Gasteiger charge is 2.65. The first-order valence-corrected chi connectivity index (χ1v) is 11.8. The van der Waals surface area contributed by atoms with Crippen LogP contribution >= 0.6 is 0 Å². The molecule has 2 fully saturated rings. The predicted molar refractivity (Wildman–Crippen MR) is 103 cm³/mol. The fourth-order valence-electron chi connectivity index (χ4n) is 4.04. The third kappa shape index (κ3) is 4.34. The lowest BCUT2D eigenvalue weighted by molar-refractivity contribution is -0.189. The van der Waals surface area contributed by atoms with Crippen LogP contribution < -0.4 is 4.74 Å². The second kappa shape index (κ2) is 7.62. The zero-order valence-corrected chi connectivity index (χ0v) is 18.5. The van der Waals surface area contributed by atoms with Crippen molar-refractivity contribution < 1.29 is 48.7 Å². The average molecular weight is 512 g/mol. The fraction of sp³-hybridized carbons (Fsp3) is 0.500. The first-order valence-electron chi connectivity index (χ1n) is 9.92. The van der Waals surface area contributed by atoms with Crippen molar-refractivity contribution in [3.8, 4) is 5.75 Å². The van der Waals surface area contributed by atoms with Crippen LogP contribution in [0.25, 0.3) is 0 Å². The molecule has 2 aliphatic rings. The van der Waals surface area contributed by atoms with Crippen LogP contribution in [0.15, 0.2) is 33.8 Å². The van der Waals surface area contributed by atoms with Gasteiger partial charge in [-0.2, -0.15) is 26.3 Å². The molecule has 2 heterocycles. The molecule has 7 nitrogen and oxygen atoms in total. The van der Waals surface area contributed by atoms with Crippen molar-refractivity contribution >= 4 is 15.7 Å². The maximum absolute atomic E-state index is 13.2. The number of carbonyl (C=O) groups is 1. The Morgan fingerprint density at radius 2 is 1.94 bits per heavy atom. The molecule has 3 atom stereocenters. The standard InChI is InChI=1S/C20H18F6N2O5S/c1-10(19(21,22)23)33-14-4-3-12(34(2,30)31)5-13(14)16(29)28-7-11-6-18(11,9-28)17-27-15(8-32-17)20(24,25)26/h3-5,8,10-11H,6-7,9H2,1-2H3/t10-,11?,18?/m0/s1. The minimum absolute atomic E-state index is 0.0833. The van der Waals surface area contributed by atoms with Gasteiger partial charge < -0.3 is 14.1 Å². The zero-order valence-electron chi connectivity index (χ0n) is 17.7. The highest BCUT2D eigenvalue weighted by molar-refractivity contribution is 7.90. The van der Waals surface area contributed by atoms with Gasteiger partial charge in [0, 0.05) is 19.3 Å². The van der Waals surface area contributed by atoms with Gasteiger partial charge in [-0.25, -0.2) is 13.4 Å². The van der Waals surface area contributed by atoms with E-state index in [1.807, 2.05) is 0 Å². The van der Waals surface area contributed by atoms with Crippen LogP contribution in [0.1, 0.15) is 35.3 Å². The number of halogens is 6. The van der Waals surface area contributed by atoms with E-state index in [1.165, 1.54) is 4.90 Å². The van der Waals surface area contributed by atoms with E-state index in [0.717, 1.165) is 31.4 Å². The molecule has 1 amide bonds. The van der Waals surface area contributed by atoms with Crippen molar-refractivity contribution in [1.82, 2.24) is 9.88 Å². The van der Waals surface area contributed by atoms with Gasteiger partial charge in [0.25, 0.3) is 5.91 Å². The van der Waals surface area contributed by atoms with E-state index in [9.17, 15) is 39.6 Å². The number of oxazole rings is 1. The van der Waals surface area contributed by atoms with Crippen LogP contribution in [0.5, 0.6) is 5.75 Å². The summed E-state index contributed by atoms with van der Waals surface area (Å²) < 4.78 is 112. The second-order valence-electron chi connectivity index (χ2n) is 8.51. The van der Waals surface area contributed by atoms with Crippen LogP contribution in [0.3, 0.4) is 0 Å². The number of hydrogen-bond acceptors (Lipinski definition) is 6. The van der Waals surface area contributed by atoms with E-state index in [0.29, 0.717) is 12.7 Å². The van der Waals surface area contributed by atoms with Gasteiger partial charge in [0.1, 0.15) is 12.0 Å². The summed E-state index contributed by atoms with van der Waals surface area (Å²) in [6.07, 6.45) is -9.94. The van der Waals surface area contributed by atoms with Crippen LogP contribution in [-0.2, 0) is 21.4 Å². The number of alkyl halides is 6. The Balaban J connectivity index is 1.63. The summed E-state index contributed by atoms with van der Waals surface area (Å²) in [5.74, 6) is -1.71. The molecule has 1 aliphatic heterocycles. The molecule has 0 bridgehead atoms. The van der Waals surface area contributed by atoms with Crippen molar-refractivity contribution in [1.29, 1.82) is 0 Å². The van der Waals surface area contributed by atoms with E-state index in [2.05, 4.69) is 4.98 Å². The molecular weight excluding hydrogens is 494 g/mol. The minimum atomic E-state index is -4.74. The fourth-order valence-corrected chi connectivity index (χ4v) is 4.69. The Hall–Kier alpha value is -2.77. The van der Waals surface area contributed by atoms with Gasteiger partial charge in [-0.3, -0.25) is 4.79 Å². The molecule has 0 radical (unpaired) electrons. The summed E-state index contributed by atoms with van der Waals surface area (Å²) in [5, 5.41) is 0. The third-order valence-electron chi connectivity index (χ3n) is 6.03. The van der Waals surface area contributed by atoms with Crippen LogP contribution in [0.2, 0.25) is 0 Å². The quantitative estimate of drug-likeness (QED) is 0.566. The number of sulfone groups is 1. The normalized spacial score (nSPS) is 23.5. The van der Waals surface area contributed by atoms with Crippen molar-refractivity contribution in [3.63, 3.8) is 0 Å². The third-order valence-corrected chi connectivity index (χ3v) is 7.14. The Bertz CT molecular complexity index is 1240. The van der Waals surface area contributed by atoms with Crippen molar-refractivity contribution in [3.05, 3.63) is 41.6 Å². The first kappa shape index (κ1) is 24.4. The Morgan fingerprint density at radius 3 is 2.50 bits per heavy atom. The van der Waals surface area contributed by atoms with E-state index >= 15 is 0 Å². The van der Waals surface area contributed by atoms with Gasteiger partial charge >= 0.3 is 12.4 Å². The summed E-state index contributed by atoms with van der Waals surface area (Å²) >= 11 is 0. The molecule has 1 saturated carbocycles. The number of nitrogens with zero attached hydrogens (tertiary/aromatic N) is 2. The topological polar surface area (TPSA) is 89.7 Å². The number of aromatic nitrogens is 1. The Morgan fingerprint density at radius 1 is 1.26 bits per heavy atom. The number of piperidine rings is 1. The number of carbonyl (C=O) groups excluding carboxylic acids is 1. The van der Waals surface area contributed by atoms with E-state index < -0.39 is 56.6 Å². The van der Waals surface area contributed by atoms with Crippen molar-refractivity contribution in [2.45, 2.75) is 42.1 Å². The van der Waals surface area contributed by atoms with Gasteiger partial charge in [-0.05, 0) is 37.5 Å². The van der Waals surface area contributed by atoms with Crippen LogP contribution in [0.4, 0.5) is 26.3 Å². The molecule has 0 spiro atoms. The number of likely N-dealkylation sites (tertiary alicyclic amines) is 1. The van der Waals surface area contributed by atoms with E-state index in [1.54, 1.807) is 0 Å². The summed E-state index contributed by atoms with van der Waals surface area (Å²) in [7, 11) is -3.80. The molecule has 1 saturated heterocycles. The molecule has 0 N–H and O–H groups in total. The molecule has 1 aromatic carbocycles. The van der Waals surface area contributed by atoms with Gasteiger partial charge in [0.15, 0.2) is 21.6 Å².